The Hall–Kier alpha value is -1.36. The molecule has 0 spiro atoms. The summed E-state index contributed by atoms with van der Waals surface area (Å²) >= 11 is 1.42. The van der Waals surface area contributed by atoms with Gasteiger partial charge in [0.05, 0.1) is 6.42 Å². The molecule has 0 aliphatic carbocycles. The lowest BCUT2D eigenvalue weighted by atomic mass is 10.3. The van der Waals surface area contributed by atoms with Gasteiger partial charge < -0.3 is 5.11 Å². The molecule has 0 atom stereocenters. The summed E-state index contributed by atoms with van der Waals surface area (Å²) in [6, 6.07) is 1.88. The lowest BCUT2D eigenvalue weighted by Crippen LogP contribution is -1.97. The van der Waals surface area contributed by atoms with Crippen LogP contribution in [-0.4, -0.2) is 21.3 Å². The predicted molar refractivity (Wildman–Crippen MR) is 50.0 cm³/mol. The van der Waals surface area contributed by atoms with Gasteiger partial charge >= 0.3 is 5.97 Å². The van der Waals surface area contributed by atoms with Crippen LogP contribution < -0.4 is 0 Å². The molecule has 2 heterocycles. The van der Waals surface area contributed by atoms with Gasteiger partial charge in [-0.2, -0.15) is 5.10 Å². The van der Waals surface area contributed by atoms with Crippen LogP contribution in [0.4, 0.5) is 0 Å². The van der Waals surface area contributed by atoms with Gasteiger partial charge in [0.25, 0.3) is 0 Å². The molecule has 2 aromatic heterocycles. The highest BCUT2D eigenvalue weighted by Crippen LogP contribution is 2.25. The largest absolute Gasteiger partial charge is 0.481 e. The molecule has 2 rings (SSSR count). The molecule has 0 bridgehead atoms. The molecule has 0 fully saturated rings. The summed E-state index contributed by atoms with van der Waals surface area (Å²) < 4.78 is 0. The van der Waals surface area contributed by atoms with E-state index in [1.54, 1.807) is 0 Å². The minimum absolute atomic E-state index is 0.0838. The van der Waals surface area contributed by atoms with Crippen LogP contribution >= 0.6 is 11.3 Å². The molecule has 2 N–H and O–H groups in total. The number of thiophene rings is 1. The van der Waals surface area contributed by atoms with Crippen molar-refractivity contribution in [3.8, 4) is 0 Å². The minimum Gasteiger partial charge on any atom is -0.481 e. The number of rotatable bonds is 2. The summed E-state index contributed by atoms with van der Waals surface area (Å²) in [5.41, 5.74) is 0.989. The summed E-state index contributed by atoms with van der Waals surface area (Å²) in [4.78, 5) is 12.2. The number of hydrogen-bond donors (Lipinski definition) is 2. The number of nitrogens with zero attached hydrogens (tertiary/aromatic N) is 1. The number of fused-ring (bicyclic) bond motifs is 1. The Labute approximate surface area is 78.2 Å². The second-order valence-corrected chi connectivity index (χ2v) is 3.97. The highest BCUT2D eigenvalue weighted by molar-refractivity contribution is 7.18. The fraction of sp³-hybridized carbons (Fsp3) is 0.250. The molecule has 0 aliphatic rings. The first kappa shape index (κ1) is 8.25. The molecule has 68 valence electrons. The number of H-pyrrole nitrogens is 1. The van der Waals surface area contributed by atoms with Crippen molar-refractivity contribution in [1.29, 1.82) is 0 Å². The number of aryl methyl sites for hydroxylation is 1. The van der Waals surface area contributed by atoms with E-state index >= 15 is 0 Å². The van der Waals surface area contributed by atoms with E-state index in [1.807, 2.05) is 13.0 Å². The lowest BCUT2D eigenvalue weighted by molar-refractivity contribution is -0.136. The molecule has 0 saturated heterocycles. The summed E-state index contributed by atoms with van der Waals surface area (Å²) in [6.07, 6.45) is 0.0838. The molecule has 0 aliphatic heterocycles. The molecule has 0 unspecified atom stereocenters. The molecular weight excluding hydrogens is 188 g/mol. The van der Waals surface area contributed by atoms with Crippen LogP contribution in [0.3, 0.4) is 0 Å². The van der Waals surface area contributed by atoms with Gasteiger partial charge in [0.2, 0.25) is 0 Å². The second kappa shape index (κ2) is 2.85. The van der Waals surface area contributed by atoms with E-state index in [0.29, 0.717) is 0 Å². The molecule has 5 heteroatoms. The molecule has 0 saturated carbocycles. The number of aromatic amines is 1. The number of carboxylic acid groups (broad SMARTS) is 1. The van der Waals surface area contributed by atoms with Crippen LogP contribution in [0.2, 0.25) is 0 Å². The van der Waals surface area contributed by atoms with E-state index in [1.165, 1.54) is 11.3 Å². The van der Waals surface area contributed by atoms with Gasteiger partial charge in [0, 0.05) is 16.0 Å². The number of carbonyl (C=O) groups is 1. The first-order chi connectivity index (χ1) is 6.16. The second-order valence-electron chi connectivity index (χ2n) is 2.85. The summed E-state index contributed by atoms with van der Waals surface area (Å²) in [6.45, 7) is 1.92. The Morgan fingerprint density at radius 3 is 3.15 bits per heavy atom. The van der Waals surface area contributed by atoms with E-state index in [9.17, 15) is 4.79 Å². The SMILES string of the molecule is Cc1[nH]nc2sc(CC(=O)O)cc12. The van der Waals surface area contributed by atoms with Crippen molar-refractivity contribution in [3.63, 3.8) is 0 Å². The van der Waals surface area contributed by atoms with Gasteiger partial charge in [-0.25, -0.2) is 0 Å². The topological polar surface area (TPSA) is 66.0 Å². The van der Waals surface area contributed by atoms with Crippen molar-refractivity contribution >= 4 is 27.5 Å². The fourth-order valence-electron chi connectivity index (χ4n) is 1.21. The summed E-state index contributed by atoms with van der Waals surface area (Å²) in [5, 5.41) is 16.5. The molecule has 0 amide bonds. The Kier molecular flexibility index (Phi) is 1.81. The van der Waals surface area contributed by atoms with Crippen molar-refractivity contribution in [3.05, 3.63) is 16.6 Å². The van der Waals surface area contributed by atoms with Crippen LogP contribution in [0.15, 0.2) is 6.07 Å². The molecule has 2 aromatic rings. The third kappa shape index (κ3) is 1.42. The first-order valence-corrected chi connectivity index (χ1v) is 4.63. The van der Waals surface area contributed by atoms with Crippen molar-refractivity contribution in [2.45, 2.75) is 13.3 Å². The van der Waals surface area contributed by atoms with Crippen molar-refractivity contribution in [1.82, 2.24) is 10.2 Å². The van der Waals surface area contributed by atoms with Crippen molar-refractivity contribution in [2.24, 2.45) is 0 Å². The van der Waals surface area contributed by atoms with E-state index in [4.69, 9.17) is 5.11 Å². The van der Waals surface area contributed by atoms with E-state index in [0.717, 1.165) is 20.8 Å². The van der Waals surface area contributed by atoms with Gasteiger partial charge in [-0.05, 0) is 13.0 Å². The zero-order chi connectivity index (χ0) is 9.42. The Bertz CT molecular complexity index is 458. The van der Waals surface area contributed by atoms with Gasteiger partial charge in [-0.1, -0.05) is 0 Å². The number of aromatic nitrogens is 2. The average Bonchev–Trinajstić information content (AvgIpc) is 2.53. The zero-order valence-corrected chi connectivity index (χ0v) is 7.81. The number of carboxylic acids is 1. The summed E-state index contributed by atoms with van der Waals surface area (Å²) in [5.74, 6) is -0.800. The van der Waals surface area contributed by atoms with Crippen LogP contribution in [0.5, 0.6) is 0 Å². The maximum atomic E-state index is 10.4. The van der Waals surface area contributed by atoms with Gasteiger partial charge in [-0.15, -0.1) is 11.3 Å². The molecule has 0 aromatic carbocycles. The molecular formula is C8H8N2O2S. The monoisotopic (exact) mass is 196 g/mol. The predicted octanol–water partition coefficient (Wildman–Crippen LogP) is 1.56. The van der Waals surface area contributed by atoms with Crippen LogP contribution in [0, 0.1) is 6.92 Å². The third-order valence-electron chi connectivity index (χ3n) is 1.82. The zero-order valence-electron chi connectivity index (χ0n) is 7.00. The van der Waals surface area contributed by atoms with E-state index in [2.05, 4.69) is 10.2 Å². The van der Waals surface area contributed by atoms with Crippen LogP contribution in [-0.2, 0) is 11.2 Å². The highest BCUT2D eigenvalue weighted by Gasteiger charge is 2.09. The quantitative estimate of drug-likeness (QED) is 0.766. The van der Waals surface area contributed by atoms with Gasteiger partial charge in [0.1, 0.15) is 4.83 Å². The van der Waals surface area contributed by atoms with Gasteiger partial charge in [-0.3, -0.25) is 9.89 Å². The van der Waals surface area contributed by atoms with Crippen LogP contribution in [0.1, 0.15) is 10.6 Å². The number of aliphatic carboxylic acids is 1. The van der Waals surface area contributed by atoms with Gasteiger partial charge in [0.15, 0.2) is 0 Å². The Morgan fingerprint density at radius 2 is 2.54 bits per heavy atom. The smallest absolute Gasteiger partial charge is 0.308 e. The normalized spacial score (nSPS) is 10.8. The van der Waals surface area contributed by atoms with Crippen LogP contribution in [0.25, 0.3) is 10.2 Å². The standard InChI is InChI=1S/C8H8N2O2S/c1-4-6-2-5(3-7(11)12)13-8(6)10-9-4/h2H,3H2,1H3,(H,9,10)(H,11,12). The molecule has 4 nitrogen and oxygen atoms in total. The number of hydrogen-bond acceptors (Lipinski definition) is 3. The highest BCUT2D eigenvalue weighted by atomic mass is 32.1. The van der Waals surface area contributed by atoms with Crippen molar-refractivity contribution in [2.75, 3.05) is 0 Å². The van der Waals surface area contributed by atoms with E-state index in [-0.39, 0.29) is 6.42 Å². The Balaban J connectivity index is 2.44. The number of nitrogens with one attached hydrogen (secondary N) is 1. The third-order valence-corrected chi connectivity index (χ3v) is 2.85. The molecule has 13 heavy (non-hydrogen) atoms. The van der Waals surface area contributed by atoms with E-state index < -0.39 is 5.97 Å². The lowest BCUT2D eigenvalue weighted by Gasteiger charge is -1.86. The molecule has 0 radical (unpaired) electrons. The first-order valence-electron chi connectivity index (χ1n) is 3.82. The maximum Gasteiger partial charge on any atom is 0.308 e. The average molecular weight is 196 g/mol. The fourth-order valence-corrected chi connectivity index (χ4v) is 2.25. The Morgan fingerprint density at radius 1 is 1.77 bits per heavy atom. The summed E-state index contributed by atoms with van der Waals surface area (Å²) in [7, 11) is 0. The minimum atomic E-state index is -0.800. The van der Waals surface area contributed by atoms with Crippen molar-refractivity contribution < 1.29 is 9.90 Å². The maximum absolute atomic E-state index is 10.4.